The van der Waals surface area contributed by atoms with Gasteiger partial charge in [-0.1, -0.05) is 18.2 Å². The van der Waals surface area contributed by atoms with Crippen LogP contribution in [-0.2, 0) is 0 Å². The van der Waals surface area contributed by atoms with Gasteiger partial charge in [-0.2, -0.15) is 0 Å². The average molecular weight is 297 g/mol. The van der Waals surface area contributed by atoms with Gasteiger partial charge in [0.2, 0.25) is 0 Å². The molecule has 0 aliphatic rings. The van der Waals surface area contributed by atoms with E-state index < -0.39 is 11.8 Å². The SMILES string of the molecule is COc1ccc(F)cc1-c1cc(C(=O)O)c2ccccc2n1. The highest BCUT2D eigenvalue weighted by Gasteiger charge is 2.15. The van der Waals surface area contributed by atoms with Crippen molar-refractivity contribution in [1.29, 1.82) is 0 Å². The van der Waals surface area contributed by atoms with Crippen molar-refractivity contribution in [1.82, 2.24) is 4.98 Å². The van der Waals surface area contributed by atoms with Crippen molar-refractivity contribution < 1.29 is 19.0 Å². The van der Waals surface area contributed by atoms with Crippen LogP contribution in [-0.4, -0.2) is 23.2 Å². The summed E-state index contributed by atoms with van der Waals surface area (Å²) in [6, 6.07) is 12.4. The van der Waals surface area contributed by atoms with Crippen LogP contribution in [0.1, 0.15) is 10.4 Å². The van der Waals surface area contributed by atoms with E-state index in [1.54, 1.807) is 24.3 Å². The smallest absolute Gasteiger partial charge is 0.336 e. The summed E-state index contributed by atoms with van der Waals surface area (Å²) in [6.07, 6.45) is 0. The number of halogens is 1. The number of benzene rings is 2. The fourth-order valence-electron chi connectivity index (χ4n) is 2.37. The number of carboxylic acid groups (broad SMARTS) is 1. The summed E-state index contributed by atoms with van der Waals surface area (Å²) >= 11 is 0. The van der Waals surface area contributed by atoms with Crippen molar-refractivity contribution in [3.63, 3.8) is 0 Å². The van der Waals surface area contributed by atoms with E-state index in [1.807, 2.05) is 0 Å². The molecule has 1 N–H and O–H groups in total. The lowest BCUT2D eigenvalue weighted by atomic mass is 10.0. The predicted octanol–water partition coefficient (Wildman–Crippen LogP) is 3.75. The van der Waals surface area contributed by atoms with Gasteiger partial charge in [0.05, 0.1) is 23.9 Å². The molecule has 0 spiro atoms. The second-order valence-electron chi connectivity index (χ2n) is 4.72. The molecule has 22 heavy (non-hydrogen) atoms. The van der Waals surface area contributed by atoms with Crippen LogP contribution >= 0.6 is 0 Å². The highest BCUT2D eigenvalue weighted by atomic mass is 19.1. The Bertz CT molecular complexity index is 877. The number of hydrogen-bond acceptors (Lipinski definition) is 3. The lowest BCUT2D eigenvalue weighted by Gasteiger charge is -2.10. The van der Waals surface area contributed by atoms with E-state index in [4.69, 9.17) is 4.74 Å². The van der Waals surface area contributed by atoms with E-state index in [2.05, 4.69) is 4.98 Å². The molecule has 4 nitrogen and oxygen atoms in total. The Hall–Kier alpha value is -2.95. The molecule has 3 aromatic rings. The highest BCUT2D eigenvalue weighted by molar-refractivity contribution is 6.03. The first kappa shape index (κ1) is 14.0. The number of carboxylic acids is 1. The van der Waals surface area contributed by atoms with Crippen molar-refractivity contribution in [3.05, 3.63) is 59.9 Å². The lowest BCUT2D eigenvalue weighted by molar-refractivity contribution is 0.0699. The van der Waals surface area contributed by atoms with Gasteiger partial charge in [0.15, 0.2) is 0 Å². The van der Waals surface area contributed by atoms with Crippen LogP contribution in [0, 0.1) is 5.82 Å². The van der Waals surface area contributed by atoms with E-state index in [9.17, 15) is 14.3 Å². The van der Waals surface area contributed by atoms with Gasteiger partial charge in [-0.3, -0.25) is 0 Å². The summed E-state index contributed by atoms with van der Waals surface area (Å²) in [5, 5.41) is 9.94. The van der Waals surface area contributed by atoms with Gasteiger partial charge in [0, 0.05) is 10.9 Å². The fraction of sp³-hybridized carbons (Fsp3) is 0.0588. The Morgan fingerprint density at radius 3 is 2.68 bits per heavy atom. The van der Waals surface area contributed by atoms with Crippen molar-refractivity contribution in [2.45, 2.75) is 0 Å². The first-order chi connectivity index (χ1) is 10.6. The third kappa shape index (κ3) is 2.37. The minimum atomic E-state index is -1.06. The minimum absolute atomic E-state index is 0.118. The Morgan fingerprint density at radius 1 is 1.18 bits per heavy atom. The lowest BCUT2D eigenvalue weighted by Crippen LogP contribution is -2.01. The molecule has 0 atom stereocenters. The van der Waals surface area contributed by atoms with Crippen molar-refractivity contribution in [3.8, 4) is 17.0 Å². The molecule has 0 aliphatic carbocycles. The fourth-order valence-corrected chi connectivity index (χ4v) is 2.37. The summed E-state index contributed by atoms with van der Waals surface area (Å²) < 4.78 is 18.8. The first-order valence-electron chi connectivity index (χ1n) is 6.57. The van der Waals surface area contributed by atoms with Crippen LogP contribution in [0.5, 0.6) is 5.75 Å². The maximum Gasteiger partial charge on any atom is 0.336 e. The van der Waals surface area contributed by atoms with Crippen molar-refractivity contribution in [2.24, 2.45) is 0 Å². The van der Waals surface area contributed by atoms with Crippen molar-refractivity contribution >= 4 is 16.9 Å². The highest BCUT2D eigenvalue weighted by Crippen LogP contribution is 2.32. The zero-order valence-electron chi connectivity index (χ0n) is 11.7. The maximum atomic E-state index is 13.5. The van der Waals surface area contributed by atoms with Crippen LogP contribution in [0.4, 0.5) is 4.39 Å². The summed E-state index contributed by atoms with van der Waals surface area (Å²) in [5.74, 6) is -1.07. The number of hydrogen-bond donors (Lipinski definition) is 1. The molecular formula is C17H12FNO3. The molecule has 0 unspecified atom stereocenters. The van der Waals surface area contributed by atoms with Gasteiger partial charge >= 0.3 is 5.97 Å². The number of carbonyl (C=O) groups is 1. The molecule has 110 valence electrons. The van der Waals surface area contributed by atoms with Crippen LogP contribution in [0.3, 0.4) is 0 Å². The molecule has 0 bridgehead atoms. The molecule has 3 rings (SSSR count). The monoisotopic (exact) mass is 297 g/mol. The zero-order valence-corrected chi connectivity index (χ0v) is 11.7. The maximum absolute atomic E-state index is 13.5. The molecule has 0 saturated heterocycles. The number of ether oxygens (including phenoxy) is 1. The molecule has 5 heteroatoms. The van der Waals surface area contributed by atoms with Crippen LogP contribution < -0.4 is 4.74 Å². The third-order valence-electron chi connectivity index (χ3n) is 3.38. The molecule has 0 aliphatic heterocycles. The summed E-state index contributed by atoms with van der Waals surface area (Å²) in [7, 11) is 1.47. The van der Waals surface area contributed by atoms with Crippen LogP contribution in [0.25, 0.3) is 22.2 Å². The van der Waals surface area contributed by atoms with E-state index in [0.29, 0.717) is 27.9 Å². The second-order valence-corrected chi connectivity index (χ2v) is 4.72. The number of aromatic nitrogens is 1. The van der Waals surface area contributed by atoms with Gasteiger partial charge in [-0.25, -0.2) is 14.2 Å². The summed E-state index contributed by atoms with van der Waals surface area (Å²) in [5.41, 5.74) is 1.42. The number of aromatic carboxylic acids is 1. The van der Waals surface area contributed by atoms with E-state index >= 15 is 0 Å². The van der Waals surface area contributed by atoms with Gasteiger partial charge in [0.25, 0.3) is 0 Å². The van der Waals surface area contributed by atoms with Crippen LogP contribution in [0.15, 0.2) is 48.5 Å². The van der Waals surface area contributed by atoms with E-state index in [0.717, 1.165) is 0 Å². The zero-order chi connectivity index (χ0) is 15.7. The number of para-hydroxylation sites is 1. The standard InChI is InChI=1S/C17H12FNO3/c1-22-16-7-6-10(18)8-13(16)15-9-12(17(20)21)11-4-2-3-5-14(11)19-15/h2-9H,1H3,(H,20,21). The Kier molecular flexibility index (Phi) is 3.47. The molecule has 2 aromatic carbocycles. The number of rotatable bonds is 3. The van der Waals surface area contributed by atoms with E-state index in [-0.39, 0.29) is 5.56 Å². The van der Waals surface area contributed by atoms with Gasteiger partial charge < -0.3 is 9.84 Å². The Labute approximate surface area is 125 Å². The van der Waals surface area contributed by atoms with Gasteiger partial charge in [0.1, 0.15) is 11.6 Å². The average Bonchev–Trinajstić information content (AvgIpc) is 2.53. The summed E-state index contributed by atoms with van der Waals surface area (Å²) in [6.45, 7) is 0. The number of pyridine rings is 1. The minimum Gasteiger partial charge on any atom is -0.496 e. The first-order valence-corrected chi connectivity index (χ1v) is 6.57. The third-order valence-corrected chi connectivity index (χ3v) is 3.38. The van der Waals surface area contributed by atoms with E-state index in [1.165, 1.54) is 31.4 Å². The molecule has 0 saturated carbocycles. The molecule has 1 heterocycles. The molecule has 0 radical (unpaired) electrons. The van der Waals surface area contributed by atoms with Gasteiger partial charge in [-0.15, -0.1) is 0 Å². The number of fused-ring (bicyclic) bond motifs is 1. The summed E-state index contributed by atoms with van der Waals surface area (Å²) in [4.78, 5) is 15.9. The molecular weight excluding hydrogens is 285 g/mol. The second kappa shape index (κ2) is 5.44. The quantitative estimate of drug-likeness (QED) is 0.800. The van der Waals surface area contributed by atoms with Gasteiger partial charge in [-0.05, 0) is 30.3 Å². The topological polar surface area (TPSA) is 59.4 Å². The van der Waals surface area contributed by atoms with Crippen molar-refractivity contribution in [2.75, 3.05) is 7.11 Å². The Balaban J connectivity index is 2.33. The number of nitrogens with zero attached hydrogens (tertiary/aromatic N) is 1. The normalized spacial score (nSPS) is 10.6. The van der Waals surface area contributed by atoms with Crippen LogP contribution in [0.2, 0.25) is 0 Å². The molecule has 1 aromatic heterocycles. The largest absolute Gasteiger partial charge is 0.496 e. The molecule has 0 amide bonds. The predicted molar refractivity (Wildman–Crippen MR) is 80.6 cm³/mol. The Morgan fingerprint density at radius 2 is 1.95 bits per heavy atom. The number of methoxy groups -OCH3 is 1. The molecule has 0 fully saturated rings.